The van der Waals surface area contributed by atoms with E-state index in [0.717, 1.165) is 0 Å². The zero-order valence-corrected chi connectivity index (χ0v) is 9.90. The second-order valence-corrected chi connectivity index (χ2v) is 3.75. The molecule has 2 aromatic heterocycles. The van der Waals surface area contributed by atoms with E-state index in [1.807, 2.05) is 0 Å². The number of H-pyrrole nitrogens is 1. The van der Waals surface area contributed by atoms with Gasteiger partial charge in [-0.2, -0.15) is 0 Å². The van der Waals surface area contributed by atoms with Gasteiger partial charge in [-0.25, -0.2) is 15.8 Å². The molecule has 0 radical (unpaired) electrons. The average Bonchev–Trinajstić information content (AvgIpc) is 2.88. The molecule has 0 aliphatic carbocycles. The number of aryl methyl sites for hydroxylation is 1. The van der Waals surface area contributed by atoms with Crippen LogP contribution in [-0.4, -0.2) is 20.9 Å². The molecule has 0 aromatic carbocycles. The van der Waals surface area contributed by atoms with Gasteiger partial charge in [-0.15, -0.1) is 0 Å². The zero-order valence-electron chi connectivity index (χ0n) is 9.90. The molecule has 5 N–H and O–H groups in total. The molecule has 0 unspecified atom stereocenters. The van der Waals surface area contributed by atoms with Gasteiger partial charge in [-0.3, -0.25) is 4.79 Å². The van der Waals surface area contributed by atoms with Crippen molar-refractivity contribution in [2.24, 2.45) is 5.84 Å². The molecule has 0 aliphatic heterocycles. The summed E-state index contributed by atoms with van der Waals surface area (Å²) in [6.07, 6.45) is 3.34. The molecule has 0 saturated carbocycles. The number of rotatable bonds is 4. The van der Waals surface area contributed by atoms with Crippen LogP contribution >= 0.6 is 0 Å². The molecule has 0 fully saturated rings. The van der Waals surface area contributed by atoms with Gasteiger partial charge in [0.25, 0.3) is 5.91 Å². The number of nitrogen functional groups attached to an aromatic ring is 1. The summed E-state index contributed by atoms with van der Waals surface area (Å²) in [4.78, 5) is 22.9. The number of pyridine rings is 1. The number of anilines is 1. The third-order valence-corrected chi connectivity index (χ3v) is 2.33. The first kappa shape index (κ1) is 12.1. The Morgan fingerprint density at radius 3 is 3.00 bits per heavy atom. The van der Waals surface area contributed by atoms with Gasteiger partial charge in [0.2, 0.25) is 0 Å². The molecular weight excluding hydrogens is 232 g/mol. The molecule has 94 valence electrons. The van der Waals surface area contributed by atoms with Crippen LogP contribution in [0.5, 0.6) is 0 Å². The highest BCUT2D eigenvalue weighted by Crippen LogP contribution is 2.09. The third-order valence-electron chi connectivity index (χ3n) is 2.33. The highest BCUT2D eigenvalue weighted by molar-refractivity contribution is 5.94. The number of carbonyl (C=O) groups is 1. The van der Waals surface area contributed by atoms with Crippen LogP contribution in [-0.2, 0) is 6.54 Å². The Morgan fingerprint density at radius 1 is 1.50 bits per heavy atom. The van der Waals surface area contributed by atoms with Crippen LogP contribution in [0.3, 0.4) is 0 Å². The van der Waals surface area contributed by atoms with Gasteiger partial charge in [0.1, 0.15) is 11.6 Å². The molecule has 0 bridgehead atoms. The topological polar surface area (TPSA) is 109 Å². The Kier molecular flexibility index (Phi) is 3.54. The quantitative estimate of drug-likeness (QED) is 0.459. The summed E-state index contributed by atoms with van der Waals surface area (Å²) in [5.41, 5.74) is 3.64. The van der Waals surface area contributed by atoms with E-state index >= 15 is 0 Å². The van der Waals surface area contributed by atoms with Crippen LogP contribution in [0.25, 0.3) is 0 Å². The second-order valence-electron chi connectivity index (χ2n) is 3.75. The van der Waals surface area contributed by atoms with Gasteiger partial charge < -0.3 is 15.7 Å². The number of hydrazine groups is 1. The minimum Gasteiger partial charge on any atom is -0.347 e. The molecular formula is C11H14N6O. The average molecular weight is 246 g/mol. The molecule has 7 nitrogen and oxygen atoms in total. The number of nitrogens with two attached hydrogens (primary N) is 1. The Morgan fingerprint density at radius 2 is 2.33 bits per heavy atom. The number of aromatic amines is 1. The van der Waals surface area contributed by atoms with Crippen molar-refractivity contribution in [1.29, 1.82) is 0 Å². The van der Waals surface area contributed by atoms with Gasteiger partial charge >= 0.3 is 0 Å². The van der Waals surface area contributed by atoms with Crippen molar-refractivity contribution in [1.82, 2.24) is 20.3 Å². The number of nitrogens with zero attached hydrogens (tertiary/aromatic N) is 2. The highest BCUT2D eigenvalue weighted by atomic mass is 16.1. The molecule has 0 saturated heterocycles. The number of hydrogen-bond acceptors (Lipinski definition) is 5. The maximum Gasteiger partial charge on any atom is 0.251 e. The summed E-state index contributed by atoms with van der Waals surface area (Å²) in [6.45, 7) is 2.14. The van der Waals surface area contributed by atoms with Crippen molar-refractivity contribution < 1.29 is 4.79 Å². The predicted molar refractivity (Wildman–Crippen MR) is 66.5 cm³/mol. The lowest BCUT2D eigenvalue weighted by Gasteiger charge is -2.06. The van der Waals surface area contributed by atoms with Gasteiger partial charge in [0.05, 0.1) is 6.54 Å². The fourth-order valence-corrected chi connectivity index (χ4v) is 1.53. The smallest absolute Gasteiger partial charge is 0.251 e. The standard InChI is InChI=1S/C11H14N6O/c1-7-4-8(5-9(16-7)17-12)11(18)15-6-10-13-2-3-14-10/h2-5H,6,12H2,1H3,(H,13,14)(H,15,18)(H,16,17). The van der Waals surface area contributed by atoms with Crippen LogP contribution in [0.15, 0.2) is 24.5 Å². The molecule has 0 atom stereocenters. The van der Waals surface area contributed by atoms with E-state index in [9.17, 15) is 4.79 Å². The molecule has 1 amide bonds. The van der Waals surface area contributed by atoms with Gasteiger partial charge in [-0.05, 0) is 19.1 Å². The monoisotopic (exact) mass is 246 g/mol. The summed E-state index contributed by atoms with van der Waals surface area (Å²) in [5.74, 6) is 6.24. The molecule has 18 heavy (non-hydrogen) atoms. The Bertz CT molecular complexity index is 536. The number of aromatic nitrogens is 3. The van der Waals surface area contributed by atoms with Crippen molar-refractivity contribution in [3.8, 4) is 0 Å². The first-order valence-electron chi connectivity index (χ1n) is 5.41. The van der Waals surface area contributed by atoms with E-state index in [2.05, 4.69) is 25.7 Å². The minimum absolute atomic E-state index is 0.201. The molecule has 2 rings (SSSR count). The van der Waals surface area contributed by atoms with Crippen LogP contribution in [0.4, 0.5) is 5.82 Å². The van der Waals surface area contributed by atoms with Crippen molar-refractivity contribution in [3.63, 3.8) is 0 Å². The van der Waals surface area contributed by atoms with Crippen LogP contribution in [0.1, 0.15) is 21.9 Å². The Hall–Kier alpha value is -2.41. The molecule has 7 heteroatoms. The Labute approximate surface area is 104 Å². The summed E-state index contributed by atoms with van der Waals surface area (Å²) in [7, 11) is 0. The van der Waals surface area contributed by atoms with Crippen LogP contribution in [0.2, 0.25) is 0 Å². The first-order chi connectivity index (χ1) is 8.69. The zero-order chi connectivity index (χ0) is 13.0. The summed E-state index contributed by atoms with van der Waals surface area (Å²) < 4.78 is 0. The fourth-order valence-electron chi connectivity index (χ4n) is 1.53. The van der Waals surface area contributed by atoms with Crippen molar-refractivity contribution >= 4 is 11.7 Å². The van der Waals surface area contributed by atoms with Crippen LogP contribution in [0, 0.1) is 6.92 Å². The van der Waals surface area contributed by atoms with Crippen molar-refractivity contribution in [3.05, 3.63) is 41.6 Å². The van der Waals surface area contributed by atoms with Gasteiger partial charge in [0, 0.05) is 23.7 Å². The van der Waals surface area contributed by atoms with Crippen LogP contribution < -0.4 is 16.6 Å². The van der Waals surface area contributed by atoms with Crippen molar-refractivity contribution in [2.75, 3.05) is 5.43 Å². The van der Waals surface area contributed by atoms with E-state index in [1.54, 1.807) is 31.5 Å². The lowest BCUT2D eigenvalue weighted by molar-refractivity contribution is 0.0950. The number of nitrogens with one attached hydrogen (secondary N) is 3. The number of hydrogen-bond donors (Lipinski definition) is 4. The van der Waals surface area contributed by atoms with Crippen molar-refractivity contribution in [2.45, 2.75) is 13.5 Å². The van der Waals surface area contributed by atoms with E-state index in [4.69, 9.17) is 5.84 Å². The van der Waals surface area contributed by atoms with Gasteiger partial charge in [-0.1, -0.05) is 0 Å². The molecule has 2 heterocycles. The summed E-state index contributed by atoms with van der Waals surface area (Å²) >= 11 is 0. The molecule has 2 aromatic rings. The number of carbonyl (C=O) groups excluding carboxylic acids is 1. The largest absolute Gasteiger partial charge is 0.347 e. The second kappa shape index (κ2) is 5.28. The Balaban J connectivity index is 2.06. The van der Waals surface area contributed by atoms with E-state index < -0.39 is 0 Å². The number of imidazole rings is 1. The highest BCUT2D eigenvalue weighted by Gasteiger charge is 2.08. The van der Waals surface area contributed by atoms with E-state index in [0.29, 0.717) is 29.4 Å². The lowest BCUT2D eigenvalue weighted by atomic mass is 10.2. The third kappa shape index (κ3) is 2.83. The first-order valence-corrected chi connectivity index (χ1v) is 5.41. The maximum atomic E-state index is 11.9. The molecule has 0 aliphatic rings. The van der Waals surface area contributed by atoms with Gasteiger partial charge in [0.15, 0.2) is 0 Å². The lowest BCUT2D eigenvalue weighted by Crippen LogP contribution is -2.24. The maximum absolute atomic E-state index is 11.9. The normalized spacial score (nSPS) is 10.1. The SMILES string of the molecule is Cc1cc(C(=O)NCc2ncc[nH]2)cc(NN)n1. The summed E-state index contributed by atoms with van der Waals surface area (Å²) in [5, 5.41) is 2.75. The van der Waals surface area contributed by atoms with E-state index in [1.165, 1.54) is 0 Å². The fraction of sp³-hybridized carbons (Fsp3) is 0.182. The molecule has 0 spiro atoms. The van der Waals surface area contributed by atoms with E-state index in [-0.39, 0.29) is 5.91 Å². The minimum atomic E-state index is -0.201. The predicted octanol–water partition coefficient (Wildman–Crippen LogP) is 0.329. The summed E-state index contributed by atoms with van der Waals surface area (Å²) in [6, 6.07) is 3.28. The number of amides is 1.